The molecule has 7 heteroatoms. The predicted octanol–water partition coefficient (Wildman–Crippen LogP) is 3.34. The number of hydrogen-bond donors (Lipinski definition) is 2. The molecule has 0 saturated carbocycles. The lowest BCUT2D eigenvalue weighted by Crippen LogP contribution is -2.11. The van der Waals surface area contributed by atoms with Crippen molar-refractivity contribution in [2.24, 2.45) is 0 Å². The highest BCUT2D eigenvalue weighted by atomic mass is 35.5. The first kappa shape index (κ1) is 13.2. The second-order valence-electron chi connectivity index (χ2n) is 3.52. The van der Waals surface area contributed by atoms with E-state index in [1.54, 1.807) is 18.2 Å². The summed E-state index contributed by atoms with van der Waals surface area (Å²) in [7, 11) is 0. The Kier molecular flexibility index (Phi) is 4.11. The van der Waals surface area contributed by atoms with Crippen LogP contribution in [0.15, 0.2) is 29.2 Å². The van der Waals surface area contributed by atoms with E-state index in [1.807, 2.05) is 0 Å². The average Bonchev–Trinajstić information content (AvgIpc) is 2.33. The molecule has 0 spiro atoms. The van der Waals surface area contributed by atoms with E-state index < -0.39 is 5.56 Å². The normalized spacial score (nSPS) is 10.4. The maximum Gasteiger partial charge on any atom is 0.285 e. The Hall–Kier alpha value is -1.23. The van der Waals surface area contributed by atoms with E-state index in [0.29, 0.717) is 22.3 Å². The molecule has 2 aromatic rings. The molecule has 0 amide bonds. The summed E-state index contributed by atoms with van der Waals surface area (Å²) >= 11 is 17.6. The van der Waals surface area contributed by atoms with Gasteiger partial charge in [-0.15, -0.1) is 0 Å². The summed E-state index contributed by atoms with van der Waals surface area (Å²) in [5.74, 6) is 0. The number of H-pyrrole nitrogens is 1. The number of halogens is 3. The Labute approximate surface area is 118 Å². The minimum absolute atomic E-state index is 0.0649. The summed E-state index contributed by atoms with van der Waals surface area (Å²) in [4.78, 5) is 11.2. The molecular formula is C11H8Cl3N3O. The molecule has 0 saturated heterocycles. The minimum atomic E-state index is -0.441. The van der Waals surface area contributed by atoms with Gasteiger partial charge in [0, 0.05) is 16.6 Å². The molecule has 0 aliphatic carbocycles. The highest BCUT2D eigenvalue weighted by molar-refractivity contribution is 6.35. The Bertz CT molecular complexity index is 627. The van der Waals surface area contributed by atoms with Gasteiger partial charge in [0.05, 0.1) is 11.9 Å². The average molecular weight is 305 g/mol. The third kappa shape index (κ3) is 2.96. The third-order valence-electron chi connectivity index (χ3n) is 2.28. The number of aromatic amines is 1. The lowest BCUT2D eigenvalue weighted by atomic mass is 10.2. The van der Waals surface area contributed by atoms with Gasteiger partial charge in [-0.3, -0.25) is 4.79 Å². The largest absolute Gasteiger partial charge is 0.378 e. The molecule has 0 radical (unpaired) electrons. The first-order chi connectivity index (χ1) is 8.58. The quantitative estimate of drug-likeness (QED) is 0.914. The van der Waals surface area contributed by atoms with Crippen molar-refractivity contribution in [3.8, 4) is 0 Å². The fourth-order valence-corrected chi connectivity index (χ4v) is 2.00. The molecule has 1 aromatic heterocycles. The monoisotopic (exact) mass is 303 g/mol. The van der Waals surface area contributed by atoms with Crippen LogP contribution in [-0.4, -0.2) is 10.2 Å². The molecule has 0 aliphatic heterocycles. The molecule has 2 rings (SSSR count). The van der Waals surface area contributed by atoms with Gasteiger partial charge < -0.3 is 5.32 Å². The lowest BCUT2D eigenvalue weighted by molar-refractivity contribution is 0.981. The van der Waals surface area contributed by atoms with Crippen LogP contribution < -0.4 is 10.9 Å². The van der Waals surface area contributed by atoms with Gasteiger partial charge in [0.1, 0.15) is 5.02 Å². The summed E-state index contributed by atoms with van der Waals surface area (Å²) < 4.78 is 0. The van der Waals surface area contributed by atoms with Crippen LogP contribution in [0, 0.1) is 0 Å². The molecule has 94 valence electrons. The van der Waals surface area contributed by atoms with Crippen LogP contribution in [-0.2, 0) is 6.54 Å². The summed E-state index contributed by atoms with van der Waals surface area (Å²) in [6.45, 7) is 0.418. The van der Waals surface area contributed by atoms with Gasteiger partial charge in [0.2, 0.25) is 0 Å². The fourth-order valence-electron chi connectivity index (χ4n) is 1.36. The van der Waals surface area contributed by atoms with E-state index in [4.69, 9.17) is 34.8 Å². The van der Waals surface area contributed by atoms with Crippen molar-refractivity contribution in [3.63, 3.8) is 0 Å². The van der Waals surface area contributed by atoms with Gasteiger partial charge in [-0.25, -0.2) is 5.10 Å². The molecule has 0 bridgehead atoms. The van der Waals surface area contributed by atoms with Crippen molar-refractivity contribution in [2.45, 2.75) is 6.54 Å². The summed E-state index contributed by atoms with van der Waals surface area (Å²) in [5, 5.41) is 10.1. The number of rotatable bonds is 3. The van der Waals surface area contributed by atoms with Crippen LogP contribution >= 0.6 is 34.8 Å². The molecule has 0 aliphatic rings. The molecule has 0 atom stereocenters. The van der Waals surface area contributed by atoms with Gasteiger partial charge in [-0.05, 0) is 17.7 Å². The highest BCUT2D eigenvalue weighted by Gasteiger charge is 2.06. The zero-order valence-corrected chi connectivity index (χ0v) is 11.3. The molecule has 1 heterocycles. The van der Waals surface area contributed by atoms with Crippen molar-refractivity contribution >= 4 is 40.5 Å². The molecular weight excluding hydrogens is 296 g/mol. The van der Waals surface area contributed by atoms with Gasteiger partial charge in [-0.2, -0.15) is 5.10 Å². The predicted molar refractivity (Wildman–Crippen MR) is 73.7 cm³/mol. The maximum atomic E-state index is 11.2. The summed E-state index contributed by atoms with van der Waals surface area (Å²) in [6, 6.07) is 5.19. The SMILES string of the molecule is O=c1[nH]ncc(NCc2ccc(Cl)cc2Cl)c1Cl. The number of nitrogens with one attached hydrogen (secondary N) is 2. The Morgan fingerprint density at radius 3 is 2.78 bits per heavy atom. The molecule has 1 aromatic carbocycles. The van der Waals surface area contributed by atoms with Crippen molar-refractivity contribution in [1.82, 2.24) is 10.2 Å². The standard InChI is InChI=1S/C11H8Cl3N3O/c12-7-2-1-6(8(13)3-7)4-15-9-5-16-17-11(18)10(9)14/h1-3,5H,4H2,(H2,15,17,18). The lowest BCUT2D eigenvalue weighted by Gasteiger charge is -2.08. The van der Waals surface area contributed by atoms with E-state index in [1.165, 1.54) is 6.20 Å². The maximum absolute atomic E-state index is 11.2. The van der Waals surface area contributed by atoms with Crippen LogP contribution in [0.3, 0.4) is 0 Å². The second-order valence-corrected chi connectivity index (χ2v) is 4.74. The number of benzene rings is 1. The van der Waals surface area contributed by atoms with Crippen LogP contribution in [0.1, 0.15) is 5.56 Å². The zero-order chi connectivity index (χ0) is 13.1. The molecule has 0 unspecified atom stereocenters. The molecule has 2 N–H and O–H groups in total. The van der Waals surface area contributed by atoms with Crippen LogP contribution in [0.4, 0.5) is 5.69 Å². The zero-order valence-electron chi connectivity index (χ0n) is 9.01. The van der Waals surface area contributed by atoms with Crippen LogP contribution in [0.5, 0.6) is 0 Å². The van der Waals surface area contributed by atoms with Gasteiger partial charge in [-0.1, -0.05) is 40.9 Å². The van der Waals surface area contributed by atoms with E-state index in [0.717, 1.165) is 5.56 Å². The van der Waals surface area contributed by atoms with Gasteiger partial charge >= 0.3 is 0 Å². The van der Waals surface area contributed by atoms with Gasteiger partial charge in [0.25, 0.3) is 5.56 Å². The van der Waals surface area contributed by atoms with Crippen molar-refractivity contribution < 1.29 is 0 Å². The first-order valence-corrected chi connectivity index (χ1v) is 6.12. The number of aromatic nitrogens is 2. The first-order valence-electron chi connectivity index (χ1n) is 4.99. The Morgan fingerprint density at radius 1 is 1.28 bits per heavy atom. The fraction of sp³-hybridized carbons (Fsp3) is 0.0909. The van der Waals surface area contributed by atoms with E-state index in [2.05, 4.69) is 15.5 Å². The number of nitrogens with zero attached hydrogens (tertiary/aromatic N) is 1. The topological polar surface area (TPSA) is 57.8 Å². The molecule has 4 nitrogen and oxygen atoms in total. The highest BCUT2D eigenvalue weighted by Crippen LogP contribution is 2.22. The summed E-state index contributed by atoms with van der Waals surface area (Å²) in [6.07, 6.45) is 1.44. The molecule has 0 fully saturated rings. The van der Waals surface area contributed by atoms with Crippen molar-refractivity contribution in [3.05, 3.63) is 55.4 Å². The van der Waals surface area contributed by atoms with E-state index in [9.17, 15) is 4.79 Å². The van der Waals surface area contributed by atoms with Crippen LogP contribution in [0.2, 0.25) is 15.1 Å². The summed E-state index contributed by atoms with van der Waals surface area (Å²) in [5.41, 5.74) is 0.854. The minimum Gasteiger partial charge on any atom is -0.378 e. The van der Waals surface area contributed by atoms with Gasteiger partial charge in [0.15, 0.2) is 0 Å². The van der Waals surface area contributed by atoms with E-state index >= 15 is 0 Å². The number of anilines is 1. The Morgan fingerprint density at radius 2 is 2.06 bits per heavy atom. The second kappa shape index (κ2) is 5.61. The van der Waals surface area contributed by atoms with Crippen LogP contribution in [0.25, 0.3) is 0 Å². The number of hydrogen-bond acceptors (Lipinski definition) is 3. The van der Waals surface area contributed by atoms with Crippen molar-refractivity contribution in [1.29, 1.82) is 0 Å². The Balaban J connectivity index is 2.16. The third-order valence-corrected chi connectivity index (χ3v) is 3.24. The molecule has 18 heavy (non-hydrogen) atoms. The van der Waals surface area contributed by atoms with E-state index in [-0.39, 0.29) is 5.02 Å². The smallest absolute Gasteiger partial charge is 0.285 e. The van der Waals surface area contributed by atoms with Crippen molar-refractivity contribution in [2.75, 3.05) is 5.32 Å².